The van der Waals surface area contributed by atoms with Gasteiger partial charge in [-0.25, -0.2) is 4.79 Å². The second kappa shape index (κ2) is 8.31. The molecule has 0 aromatic heterocycles. The number of urea groups is 1. The van der Waals surface area contributed by atoms with E-state index in [1.165, 1.54) is 17.8 Å². The van der Waals surface area contributed by atoms with Crippen LogP contribution in [0.2, 0.25) is 0 Å². The number of carbonyl (C=O) groups is 2. The number of rotatable bonds is 4. The zero-order valence-corrected chi connectivity index (χ0v) is 19.7. The van der Waals surface area contributed by atoms with E-state index >= 15 is 0 Å². The molecule has 1 aliphatic heterocycles. The molecule has 3 amide bonds. The Morgan fingerprint density at radius 3 is 2.41 bits per heavy atom. The first kappa shape index (κ1) is 20.1. The summed E-state index contributed by atoms with van der Waals surface area (Å²) >= 11 is 4.46. The minimum Gasteiger partial charge on any atom is -0.487 e. The van der Waals surface area contributed by atoms with E-state index in [9.17, 15) is 9.59 Å². The predicted molar refractivity (Wildman–Crippen MR) is 129 cm³/mol. The highest BCUT2D eigenvalue weighted by atomic mass is 127. The first-order valence-corrected chi connectivity index (χ1v) is 11.0. The fraction of sp³-hybridized carbons (Fsp3) is 0.0909. The zero-order chi connectivity index (χ0) is 20.5. The topological polar surface area (TPSA) is 58.6 Å². The highest BCUT2D eigenvalue weighted by Crippen LogP contribution is 2.31. The molecule has 1 saturated heterocycles. The van der Waals surface area contributed by atoms with Gasteiger partial charge in [0, 0.05) is 7.05 Å². The molecular weight excluding hydrogens is 594 g/mol. The van der Waals surface area contributed by atoms with E-state index in [0.29, 0.717) is 6.61 Å². The van der Waals surface area contributed by atoms with Crippen LogP contribution in [0.15, 0.2) is 60.3 Å². The number of nitrogens with zero attached hydrogens (tertiary/aromatic N) is 1. The molecule has 7 heteroatoms. The van der Waals surface area contributed by atoms with E-state index in [2.05, 4.69) is 74.8 Å². The molecule has 146 valence electrons. The van der Waals surface area contributed by atoms with Crippen LogP contribution in [-0.4, -0.2) is 23.9 Å². The van der Waals surface area contributed by atoms with Crippen molar-refractivity contribution in [2.45, 2.75) is 6.61 Å². The van der Waals surface area contributed by atoms with Gasteiger partial charge in [0.25, 0.3) is 5.91 Å². The molecule has 0 unspecified atom stereocenters. The van der Waals surface area contributed by atoms with Crippen LogP contribution in [0.25, 0.3) is 16.8 Å². The Morgan fingerprint density at radius 1 is 1.03 bits per heavy atom. The van der Waals surface area contributed by atoms with E-state index in [-0.39, 0.29) is 11.6 Å². The molecular formula is C22H16I2N2O3. The Balaban J connectivity index is 1.58. The lowest BCUT2D eigenvalue weighted by atomic mass is 10.1. The number of carbonyl (C=O) groups excluding carboxylic acids is 2. The SMILES string of the molecule is CN1C(=O)N/C(=C/c2cc(I)c(OCc3cccc4ccccc34)c(I)c2)C1=O. The molecule has 1 N–H and O–H groups in total. The molecule has 3 aromatic rings. The standard InChI is InChI=1S/C22H16I2N2O3/c1-26-21(27)19(25-22(26)28)11-13-9-17(23)20(18(24)10-13)29-12-15-7-4-6-14-5-2-3-8-16(14)15/h2-11H,12H2,1H3,(H,25,28)/b19-11+. The summed E-state index contributed by atoms with van der Waals surface area (Å²) in [5.41, 5.74) is 2.23. The highest BCUT2D eigenvalue weighted by molar-refractivity contribution is 14.1. The Bertz CT molecular complexity index is 1150. The van der Waals surface area contributed by atoms with Gasteiger partial charge in [0.05, 0.1) is 7.14 Å². The summed E-state index contributed by atoms with van der Waals surface area (Å²) in [4.78, 5) is 24.7. The smallest absolute Gasteiger partial charge is 0.328 e. The average molecular weight is 610 g/mol. The minimum absolute atomic E-state index is 0.272. The normalized spacial score (nSPS) is 15.3. The number of imide groups is 1. The Kier molecular flexibility index (Phi) is 5.77. The summed E-state index contributed by atoms with van der Waals surface area (Å²) in [5, 5.41) is 4.95. The lowest BCUT2D eigenvalue weighted by molar-refractivity contribution is -0.121. The molecule has 3 aromatic carbocycles. The maximum Gasteiger partial charge on any atom is 0.328 e. The van der Waals surface area contributed by atoms with Gasteiger partial charge >= 0.3 is 6.03 Å². The summed E-state index contributed by atoms with van der Waals surface area (Å²) < 4.78 is 8.03. The lowest BCUT2D eigenvalue weighted by Gasteiger charge is -2.13. The fourth-order valence-electron chi connectivity index (χ4n) is 3.16. The Labute approximate surface area is 195 Å². The van der Waals surface area contributed by atoms with E-state index in [1.807, 2.05) is 30.3 Å². The van der Waals surface area contributed by atoms with E-state index in [0.717, 1.165) is 28.9 Å². The number of fused-ring (bicyclic) bond motifs is 1. The van der Waals surface area contributed by atoms with Crippen molar-refractivity contribution in [2.75, 3.05) is 7.05 Å². The molecule has 0 radical (unpaired) electrons. The maximum absolute atomic E-state index is 12.1. The highest BCUT2D eigenvalue weighted by Gasteiger charge is 2.30. The van der Waals surface area contributed by atoms with Crippen molar-refractivity contribution in [1.82, 2.24) is 10.2 Å². The van der Waals surface area contributed by atoms with Gasteiger partial charge in [-0.15, -0.1) is 0 Å². The van der Waals surface area contributed by atoms with Crippen LogP contribution < -0.4 is 10.1 Å². The molecule has 5 nitrogen and oxygen atoms in total. The monoisotopic (exact) mass is 610 g/mol. The molecule has 0 saturated carbocycles. The van der Waals surface area contributed by atoms with Gasteiger partial charge in [0.2, 0.25) is 0 Å². The van der Waals surface area contributed by atoms with E-state index in [1.54, 1.807) is 6.08 Å². The molecule has 0 aliphatic carbocycles. The van der Waals surface area contributed by atoms with Crippen LogP contribution in [0, 0.1) is 7.14 Å². The van der Waals surface area contributed by atoms with Crippen LogP contribution >= 0.6 is 45.2 Å². The van der Waals surface area contributed by atoms with Gasteiger partial charge < -0.3 is 10.1 Å². The van der Waals surface area contributed by atoms with Crippen LogP contribution in [0.4, 0.5) is 4.79 Å². The first-order valence-electron chi connectivity index (χ1n) is 8.83. The summed E-state index contributed by atoms with van der Waals surface area (Å²) in [6.07, 6.45) is 1.68. The van der Waals surface area contributed by atoms with Gasteiger partial charge in [-0.3, -0.25) is 9.69 Å². The Morgan fingerprint density at radius 2 is 1.72 bits per heavy atom. The van der Waals surface area contributed by atoms with Crippen molar-refractivity contribution >= 4 is 74.0 Å². The molecule has 1 fully saturated rings. The van der Waals surface area contributed by atoms with Crippen LogP contribution in [0.5, 0.6) is 5.75 Å². The third kappa shape index (κ3) is 4.11. The van der Waals surface area contributed by atoms with Gasteiger partial charge in [-0.2, -0.15) is 0 Å². The van der Waals surface area contributed by atoms with Crippen molar-refractivity contribution < 1.29 is 14.3 Å². The zero-order valence-electron chi connectivity index (χ0n) is 15.4. The molecule has 1 aliphatic rings. The molecule has 0 spiro atoms. The third-order valence-corrected chi connectivity index (χ3v) is 6.27. The number of amides is 3. The van der Waals surface area contributed by atoms with Crippen LogP contribution in [0.3, 0.4) is 0 Å². The van der Waals surface area contributed by atoms with Crippen molar-refractivity contribution in [1.29, 1.82) is 0 Å². The third-order valence-electron chi connectivity index (χ3n) is 4.66. The number of halogens is 2. The summed E-state index contributed by atoms with van der Waals surface area (Å²) in [6, 6.07) is 17.9. The largest absolute Gasteiger partial charge is 0.487 e. The second-order valence-electron chi connectivity index (χ2n) is 6.59. The van der Waals surface area contributed by atoms with Crippen molar-refractivity contribution in [2.24, 2.45) is 0 Å². The van der Waals surface area contributed by atoms with Crippen molar-refractivity contribution in [3.05, 3.63) is 78.6 Å². The number of hydrogen-bond acceptors (Lipinski definition) is 3. The van der Waals surface area contributed by atoms with Crippen LogP contribution in [0.1, 0.15) is 11.1 Å². The molecule has 0 atom stereocenters. The number of hydrogen-bond donors (Lipinski definition) is 1. The van der Waals surface area contributed by atoms with Crippen molar-refractivity contribution in [3.8, 4) is 5.75 Å². The van der Waals surface area contributed by atoms with Gasteiger partial charge in [-0.1, -0.05) is 42.5 Å². The number of likely N-dealkylation sites (N-methyl/N-ethyl adjacent to an activating group) is 1. The molecule has 4 rings (SSSR count). The van der Waals surface area contributed by atoms with Gasteiger partial charge in [-0.05, 0) is 85.3 Å². The van der Waals surface area contributed by atoms with Gasteiger partial charge in [0.15, 0.2) is 0 Å². The quantitative estimate of drug-likeness (QED) is 0.253. The van der Waals surface area contributed by atoms with E-state index < -0.39 is 6.03 Å². The second-order valence-corrected chi connectivity index (χ2v) is 8.92. The van der Waals surface area contributed by atoms with Crippen LogP contribution in [-0.2, 0) is 11.4 Å². The number of ether oxygens (including phenoxy) is 1. The predicted octanol–water partition coefficient (Wildman–Crippen LogP) is 5.15. The molecule has 1 heterocycles. The van der Waals surface area contributed by atoms with Gasteiger partial charge in [0.1, 0.15) is 18.1 Å². The summed E-state index contributed by atoms with van der Waals surface area (Å²) in [7, 11) is 1.45. The average Bonchev–Trinajstić information content (AvgIpc) is 2.94. The number of nitrogens with one attached hydrogen (secondary N) is 1. The summed E-state index contributed by atoms with van der Waals surface area (Å²) in [5.74, 6) is 0.469. The fourth-order valence-corrected chi connectivity index (χ4v) is 5.29. The molecule has 29 heavy (non-hydrogen) atoms. The first-order chi connectivity index (χ1) is 13.9. The molecule has 0 bridgehead atoms. The summed E-state index contributed by atoms with van der Waals surface area (Å²) in [6.45, 7) is 0.465. The Hall–Kier alpha value is -2.14. The van der Waals surface area contributed by atoms with E-state index in [4.69, 9.17) is 4.74 Å². The lowest BCUT2D eigenvalue weighted by Crippen LogP contribution is -2.25. The number of benzene rings is 3. The maximum atomic E-state index is 12.1. The minimum atomic E-state index is -0.416. The van der Waals surface area contributed by atoms with Crippen molar-refractivity contribution in [3.63, 3.8) is 0 Å².